The Balaban J connectivity index is 1.42. The van der Waals surface area contributed by atoms with Gasteiger partial charge in [0.2, 0.25) is 0 Å². The highest BCUT2D eigenvalue weighted by Crippen LogP contribution is 2.29. The van der Waals surface area contributed by atoms with Gasteiger partial charge in [0.1, 0.15) is 12.1 Å². The van der Waals surface area contributed by atoms with E-state index >= 15 is 0 Å². The predicted octanol–water partition coefficient (Wildman–Crippen LogP) is 3.96. The monoisotopic (exact) mass is 471 g/mol. The van der Waals surface area contributed by atoms with Gasteiger partial charge in [0.05, 0.1) is 25.8 Å². The van der Waals surface area contributed by atoms with Crippen LogP contribution in [0.5, 0.6) is 11.5 Å². The fourth-order valence-electron chi connectivity index (χ4n) is 4.03. The molecule has 35 heavy (non-hydrogen) atoms. The molecule has 0 saturated heterocycles. The van der Waals surface area contributed by atoms with Gasteiger partial charge < -0.3 is 14.3 Å². The Morgan fingerprint density at radius 3 is 2.57 bits per heavy atom. The second-order valence-corrected chi connectivity index (χ2v) is 8.04. The van der Waals surface area contributed by atoms with E-state index in [9.17, 15) is 0 Å². The molecule has 4 aromatic heterocycles. The van der Waals surface area contributed by atoms with Crippen LogP contribution in [0.15, 0.2) is 47.9 Å². The summed E-state index contributed by atoms with van der Waals surface area (Å²) in [5.41, 5.74) is 5.39. The van der Waals surface area contributed by atoms with E-state index in [1.54, 1.807) is 31.3 Å². The zero-order valence-electron chi connectivity index (χ0n) is 20.2. The Morgan fingerprint density at radius 1 is 0.971 bits per heavy atom. The largest absolute Gasteiger partial charge is 0.493 e. The molecular formula is C25H25N7O3. The van der Waals surface area contributed by atoms with Crippen molar-refractivity contribution in [2.24, 2.45) is 5.16 Å². The number of nitrogens with zero attached hydrogens (tertiary/aromatic N) is 7. The lowest BCUT2D eigenvalue weighted by Gasteiger charge is -2.07. The van der Waals surface area contributed by atoms with Crippen molar-refractivity contribution in [2.75, 3.05) is 14.2 Å². The normalized spacial score (nSPS) is 11.6. The molecule has 178 valence electrons. The van der Waals surface area contributed by atoms with Crippen LogP contribution in [0, 0.1) is 20.8 Å². The van der Waals surface area contributed by atoms with Gasteiger partial charge in [0.25, 0.3) is 0 Å². The van der Waals surface area contributed by atoms with Crippen molar-refractivity contribution in [2.45, 2.75) is 27.4 Å². The van der Waals surface area contributed by atoms with E-state index in [0.717, 1.165) is 39.4 Å². The molecule has 5 aromatic rings. The SMILES string of the molecule is COc1ccc(/C=N\OCc2nc3c4c(C)c(C)n(-c5cccc(C)n5)c4ncn3n2)cc1OC. The van der Waals surface area contributed by atoms with E-state index in [1.807, 2.05) is 43.3 Å². The van der Waals surface area contributed by atoms with Gasteiger partial charge in [0.15, 0.2) is 35.2 Å². The predicted molar refractivity (Wildman–Crippen MR) is 132 cm³/mol. The van der Waals surface area contributed by atoms with Crippen LogP contribution in [0.25, 0.3) is 22.5 Å². The fraction of sp³-hybridized carbons (Fsp3) is 0.240. The Kier molecular flexibility index (Phi) is 5.77. The minimum Gasteiger partial charge on any atom is -0.493 e. The van der Waals surface area contributed by atoms with Crippen LogP contribution >= 0.6 is 0 Å². The minimum atomic E-state index is 0.116. The van der Waals surface area contributed by atoms with E-state index in [0.29, 0.717) is 23.0 Å². The van der Waals surface area contributed by atoms with Crippen molar-refractivity contribution in [1.29, 1.82) is 0 Å². The zero-order chi connectivity index (χ0) is 24.5. The Bertz CT molecular complexity index is 1570. The second-order valence-electron chi connectivity index (χ2n) is 8.04. The summed E-state index contributed by atoms with van der Waals surface area (Å²) in [6.07, 6.45) is 3.26. The maximum Gasteiger partial charge on any atom is 0.192 e. The van der Waals surface area contributed by atoms with Gasteiger partial charge in [-0.25, -0.2) is 19.5 Å². The average Bonchev–Trinajstić information content (AvgIpc) is 3.39. The summed E-state index contributed by atoms with van der Waals surface area (Å²) in [6.45, 7) is 6.21. The van der Waals surface area contributed by atoms with E-state index in [1.165, 1.54) is 0 Å². The highest BCUT2D eigenvalue weighted by molar-refractivity contribution is 5.94. The van der Waals surface area contributed by atoms with Gasteiger partial charge in [0, 0.05) is 17.0 Å². The Hall–Kier alpha value is -4.47. The average molecular weight is 472 g/mol. The molecule has 0 atom stereocenters. The standard InChI is InChI=1S/C25H25N7O3/c1-15-7-6-8-22(28-15)32-17(3)16(2)23-24(32)26-14-31-25(23)29-21(30-31)13-35-27-12-18-9-10-19(33-4)20(11-18)34-5/h6-12,14H,13H2,1-5H3/b27-12-. The second kappa shape index (κ2) is 9.05. The third-order valence-electron chi connectivity index (χ3n) is 5.86. The fourth-order valence-corrected chi connectivity index (χ4v) is 4.03. The lowest BCUT2D eigenvalue weighted by atomic mass is 10.2. The number of fused-ring (bicyclic) bond motifs is 3. The van der Waals surface area contributed by atoms with Crippen molar-refractivity contribution in [3.8, 4) is 17.3 Å². The van der Waals surface area contributed by atoms with Crippen LogP contribution in [0.1, 0.15) is 28.3 Å². The number of pyridine rings is 1. The number of ether oxygens (including phenoxy) is 2. The number of aromatic nitrogens is 6. The lowest BCUT2D eigenvalue weighted by Crippen LogP contribution is -2.02. The number of oxime groups is 1. The minimum absolute atomic E-state index is 0.116. The van der Waals surface area contributed by atoms with Gasteiger partial charge >= 0.3 is 0 Å². The molecule has 0 bridgehead atoms. The first-order valence-electron chi connectivity index (χ1n) is 11.0. The number of hydrogen-bond acceptors (Lipinski definition) is 8. The zero-order valence-corrected chi connectivity index (χ0v) is 20.2. The molecule has 4 heterocycles. The number of methoxy groups -OCH3 is 2. The van der Waals surface area contributed by atoms with Crippen LogP contribution < -0.4 is 9.47 Å². The summed E-state index contributed by atoms with van der Waals surface area (Å²) in [5, 5.41) is 9.48. The van der Waals surface area contributed by atoms with Crippen molar-refractivity contribution < 1.29 is 14.3 Å². The Labute approximate surface area is 201 Å². The summed E-state index contributed by atoms with van der Waals surface area (Å²) in [4.78, 5) is 19.5. The molecule has 0 aliphatic carbocycles. The van der Waals surface area contributed by atoms with Crippen LogP contribution in [0.3, 0.4) is 0 Å². The smallest absolute Gasteiger partial charge is 0.192 e. The van der Waals surface area contributed by atoms with E-state index in [-0.39, 0.29) is 6.61 Å². The molecule has 5 rings (SSSR count). The summed E-state index contributed by atoms with van der Waals surface area (Å²) < 4.78 is 14.3. The summed E-state index contributed by atoms with van der Waals surface area (Å²) >= 11 is 0. The van der Waals surface area contributed by atoms with Crippen LogP contribution in [0.2, 0.25) is 0 Å². The van der Waals surface area contributed by atoms with Crippen molar-refractivity contribution in [3.05, 3.63) is 71.1 Å². The Morgan fingerprint density at radius 2 is 1.80 bits per heavy atom. The molecule has 0 unspecified atom stereocenters. The molecule has 0 radical (unpaired) electrons. The van der Waals surface area contributed by atoms with Crippen molar-refractivity contribution >= 4 is 22.9 Å². The molecule has 0 spiro atoms. The molecule has 0 N–H and O–H groups in total. The molecule has 10 nitrogen and oxygen atoms in total. The topological polar surface area (TPSA) is 101 Å². The third kappa shape index (κ3) is 4.03. The van der Waals surface area contributed by atoms with Gasteiger partial charge in [-0.05, 0) is 56.7 Å². The first-order valence-corrected chi connectivity index (χ1v) is 11.0. The highest BCUT2D eigenvalue weighted by atomic mass is 16.6. The van der Waals surface area contributed by atoms with Crippen LogP contribution in [-0.4, -0.2) is 49.6 Å². The molecule has 0 aliphatic rings. The van der Waals surface area contributed by atoms with Gasteiger partial charge in [-0.3, -0.25) is 4.57 Å². The maximum atomic E-state index is 5.46. The number of aryl methyl sites for hydroxylation is 2. The number of benzene rings is 1. The van der Waals surface area contributed by atoms with Gasteiger partial charge in [-0.1, -0.05) is 11.2 Å². The summed E-state index contributed by atoms with van der Waals surface area (Å²) in [5.74, 6) is 2.60. The van der Waals surface area contributed by atoms with Gasteiger partial charge in [-0.15, -0.1) is 5.10 Å². The van der Waals surface area contributed by atoms with Crippen LogP contribution in [-0.2, 0) is 11.4 Å². The molecule has 0 fully saturated rings. The molecular weight excluding hydrogens is 446 g/mol. The quantitative estimate of drug-likeness (QED) is 0.262. The van der Waals surface area contributed by atoms with E-state index in [4.69, 9.17) is 19.3 Å². The van der Waals surface area contributed by atoms with Crippen molar-refractivity contribution in [3.63, 3.8) is 0 Å². The third-order valence-corrected chi connectivity index (χ3v) is 5.86. The molecule has 1 aromatic carbocycles. The molecule has 10 heteroatoms. The van der Waals surface area contributed by atoms with Crippen molar-refractivity contribution in [1.82, 2.24) is 29.1 Å². The first kappa shape index (κ1) is 22.3. The lowest BCUT2D eigenvalue weighted by molar-refractivity contribution is 0.126. The molecule has 0 amide bonds. The number of hydrogen-bond donors (Lipinski definition) is 0. The first-order chi connectivity index (χ1) is 17.0. The number of rotatable bonds is 7. The molecule has 0 aliphatic heterocycles. The maximum absolute atomic E-state index is 5.46. The van der Waals surface area contributed by atoms with E-state index in [2.05, 4.69) is 38.6 Å². The summed E-state index contributed by atoms with van der Waals surface area (Å²) in [7, 11) is 3.18. The van der Waals surface area contributed by atoms with E-state index < -0.39 is 0 Å². The van der Waals surface area contributed by atoms with Gasteiger partial charge in [-0.2, -0.15) is 0 Å². The van der Waals surface area contributed by atoms with Crippen LogP contribution in [0.4, 0.5) is 0 Å². The summed E-state index contributed by atoms with van der Waals surface area (Å²) in [6, 6.07) is 11.4. The highest BCUT2D eigenvalue weighted by Gasteiger charge is 2.19. The molecule has 0 saturated carbocycles.